The molecule has 2 aliphatic rings. The first-order valence-electron chi connectivity index (χ1n) is 14.2. The number of fused-ring (bicyclic) bond motifs is 1. The molecule has 1 aliphatic carbocycles. The lowest BCUT2D eigenvalue weighted by Gasteiger charge is -2.33. The molecule has 2 aromatic carbocycles. The zero-order valence-corrected chi connectivity index (χ0v) is 25.1. The van der Waals surface area contributed by atoms with Crippen LogP contribution in [-0.4, -0.2) is 64.6 Å². The maximum Gasteiger partial charge on any atom is 0.333 e. The monoisotopic (exact) mass is 594 g/mol. The van der Waals surface area contributed by atoms with Crippen molar-refractivity contribution in [1.29, 1.82) is 0 Å². The van der Waals surface area contributed by atoms with Crippen molar-refractivity contribution < 1.29 is 29.1 Å². The second kappa shape index (κ2) is 13.4. The third kappa shape index (κ3) is 7.50. The first-order valence-corrected chi connectivity index (χ1v) is 15.2. The molecule has 1 saturated carbocycles. The molecule has 5 amide bonds. The van der Waals surface area contributed by atoms with Crippen molar-refractivity contribution >= 4 is 58.5 Å². The summed E-state index contributed by atoms with van der Waals surface area (Å²) in [7, 11) is 0. The lowest BCUT2D eigenvalue weighted by Crippen LogP contribution is -2.54. The summed E-state index contributed by atoms with van der Waals surface area (Å²) in [6.07, 6.45) is 5.59. The molecule has 1 heterocycles. The number of carboxylic acids is 1. The Hall–Kier alpha value is -3.86. The van der Waals surface area contributed by atoms with E-state index in [1.54, 1.807) is 68.1 Å². The van der Waals surface area contributed by atoms with Crippen LogP contribution in [0.25, 0.3) is 0 Å². The molecule has 1 fully saturated rings. The van der Waals surface area contributed by atoms with Gasteiger partial charge in [0.1, 0.15) is 6.54 Å². The van der Waals surface area contributed by atoms with E-state index >= 15 is 0 Å². The predicted molar refractivity (Wildman–Crippen MR) is 163 cm³/mol. The average molecular weight is 595 g/mol. The highest BCUT2D eigenvalue weighted by molar-refractivity contribution is 8.00. The van der Waals surface area contributed by atoms with Crippen LogP contribution in [0.3, 0.4) is 0 Å². The van der Waals surface area contributed by atoms with Crippen molar-refractivity contribution in [2.24, 2.45) is 5.41 Å². The zero-order chi connectivity index (χ0) is 30.4. The molecule has 42 heavy (non-hydrogen) atoms. The molecule has 0 radical (unpaired) electrons. The highest BCUT2D eigenvalue weighted by Crippen LogP contribution is 2.38. The maximum absolute atomic E-state index is 14.2. The number of Topliss-reactive ketones (excluding diaryl/α,β-unsaturated/α-hetero) is 1. The molecule has 2 N–H and O–H groups in total. The lowest BCUT2D eigenvalue weighted by molar-refractivity contribution is -0.134. The summed E-state index contributed by atoms with van der Waals surface area (Å²) in [5.74, 6) is -1.86. The molecule has 0 unspecified atom stereocenters. The summed E-state index contributed by atoms with van der Waals surface area (Å²) in [5.41, 5.74) is 0.700. The van der Waals surface area contributed by atoms with E-state index < -0.39 is 35.9 Å². The van der Waals surface area contributed by atoms with Gasteiger partial charge in [-0.1, -0.05) is 64.7 Å². The Morgan fingerprint density at radius 2 is 1.55 bits per heavy atom. The molecule has 0 saturated heterocycles. The number of hydrogen-bond acceptors (Lipinski definition) is 6. The Kier molecular flexibility index (Phi) is 9.93. The number of urea groups is 2. The van der Waals surface area contributed by atoms with Crippen LogP contribution in [0, 0.1) is 5.41 Å². The van der Waals surface area contributed by atoms with E-state index in [-0.39, 0.29) is 24.1 Å². The smallest absolute Gasteiger partial charge is 0.333 e. The van der Waals surface area contributed by atoms with Gasteiger partial charge in [-0.05, 0) is 43.2 Å². The largest absolute Gasteiger partial charge is 0.481 e. The SMILES string of the molecule is CC(C)(C)C(=O)CN1C(=O)N(CC(=O)Nc2cccc(SCC(=O)O)c2)C(=O)N(C2CCCCCC2)c2ccccc21. The van der Waals surface area contributed by atoms with E-state index in [0.717, 1.165) is 55.2 Å². The number of carbonyl (C=O) groups excluding carboxylic acids is 4. The number of amides is 5. The third-order valence-electron chi connectivity index (χ3n) is 7.44. The van der Waals surface area contributed by atoms with Crippen LogP contribution >= 0.6 is 11.8 Å². The Labute approximate surface area is 250 Å². The number of benzene rings is 2. The fourth-order valence-electron chi connectivity index (χ4n) is 5.15. The van der Waals surface area contributed by atoms with Crippen LogP contribution in [0.1, 0.15) is 59.3 Å². The number of ketones is 1. The van der Waals surface area contributed by atoms with Crippen molar-refractivity contribution in [3.05, 3.63) is 48.5 Å². The number of para-hydroxylation sites is 2. The minimum absolute atomic E-state index is 0.130. The summed E-state index contributed by atoms with van der Waals surface area (Å²) in [6.45, 7) is 4.54. The number of nitrogens with zero attached hydrogens (tertiary/aromatic N) is 3. The van der Waals surface area contributed by atoms with Crippen LogP contribution in [0.5, 0.6) is 0 Å². The number of imide groups is 1. The lowest BCUT2D eigenvalue weighted by atomic mass is 9.90. The number of hydrogen-bond donors (Lipinski definition) is 2. The first-order chi connectivity index (χ1) is 20.0. The number of nitrogens with one attached hydrogen (secondary N) is 1. The molecular weight excluding hydrogens is 556 g/mol. The summed E-state index contributed by atoms with van der Waals surface area (Å²) < 4.78 is 0. The molecule has 0 spiro atoms. The van der Waals surface area contributed by atoms with Gasteiger partial charge in [0.15, 0.2) is 5.78 Å². The van der Waals surface area contributed by atoms with Crippen LogP contribution in [0.2, 0.25) is 0 Å². The van der Waals surface area contributed by atoms with E-state index in [1.807, 2.05) is 6.07 Å². The van der Waals surface area contributed by atoms with E-state index in [2.05, 4.69) is 5.32 Å². The van der Waals surface area contributed by atoms with Gasteiger partial charge in [0.2, 0.25) is 5.91 Å². The van der Waals surface area contributed by atoms with E-state index in [0.29, 0.717) is 22.0 Å². The highest BCUT2D eigenvalue weighted by atomic mass is 32.2. The predicted octanol–water partition coefficient (Wildman–Crippen LogP) is 6.01. The minimum atomic E-state index is -0.957. The topological polar surface area (TPSA) is 127 Å². The van der Waals surface area contributed by atoms with Gasteiger partial charge in [-0.3, -0.25) is 24.2 Å². The Bertz CT molecular complexity index is 1350. The number of aliphatic carboxylic acids is 1. The fraction of sp³-hybridized carbons (Fsp3) is 0.452. The Balaban J connectivity index is 1.67. The van der Waals surface area contributed by atoms with Crippen LogP contribution in [0.15, 0.2) is 53.4 Å². The van der Waals surface area contributed by atoms with Gasteiger partial charge in [0.05, 0.1) is 23.7 Å². The number of carboxylic acid groups (broad SMARTS) is 1. The Morgan fingerprint density at radius 3 is 2.19 bits per heavy atom. The summed E-state index contributed by atoms with van der Waals surface area (Å²) in [5, 5.41) is 11.7. The van der Waals surface area contributed by atoms with Gasteiger partial charge >= 0.3 is 18.0 Å². The zero-order valence-electron chi connectivity index (χ0n) is 24.3. The Morgan fingerprint density at radius 1 is 0.881 bits per heavy atom. The van der Waals surface area contributed by atoms with Gasteiger partial charge in [-0.15, -0.1) is 11.8 Å². The van der Waals surface area contributed by atoms with Crippen LogP contribution in [0.4, 0.5) is 26.7 Å². The van der Waals surface area contributed by atoms with E-state index in [9.17, 15) is 24.0 Å². The average Bonchev–Trinajstić information content (AvgIpc) is 3.25. The van der Waals surface area contributed by atoms with E-state index in [1.165, 1.54) is 4.90 Å². The molecule has 4 rings (SSSR count). The van der Waals surface area contributed by atoms with Gasteiger partial charge in [-0.2, -0.15) is 0 Å². The molecule has 10 nitrogen and oxygen atoms in total. The number of rotatable bonds is 9. The van der Waals surface area contributed by atoms with Crippen molar-refractivity contribution in [1.82, 2.24) is 4.90 Å². The third-order valence-corrected chi connectivity index (χ3v) is 8.42. The number of anilines is 3. The van der Waals surface area contributed by atoms with Crippen LogP contribution in [-0.2, 0) is 14.4 Å². The molecular formula is C31H38N4O6S. The standard InChI is InChI=1S/C31H38N4O6S/c1-31(2,3)26(36)18-33-24-15-8-9-16-25(24)35(22-12-6-4-5-7-13-22)30(41)34(29(33)40)19-27(37)32-21-11-10-14-23(17-21)42-20-28(38)39/h8-11,14-17,22H,4-7,12-13,18-20H2,1-3H3,(H,32,37)(H,38,39). The molecule has 1 aliphatic heterocycles. The van der Waals surface area contributed by atoms with Crippen molar-refractivity contribution in [3.63, 3.8) is 0 Å². The second-order valence-electron chi connectivity index (χ2n) is 11.7. The molecule has 224 valence electrons. The van der Waals surface area contributed by atoms with Gasteiger partial charge in [0.25, 0.3) is 0 Å². The number of carbonyl (C=O) groups is 5. The molecule has 0 atom stereocenters. The number of thioether (sulfide) groups is 1. The van der Waals surface area contributed by atoms with Gasteiger partial charge < -0.3 is 10.4 Å². The highest BCUT2D eigenvalue weighted by Gasteiger charge is 2.42. The van der Waals surface area contributed by atoms with Crippen molar-refractivity contribution in [3.8, 4) is 0 Å². The van der Waals surface area contributed by atoms with Crippen LogP contribution < -0.4 is 15.1 Å². The van der Waals surface area contributed by atoms with Crippen molar-refractivity contribution in [2.75, 3.05) is 34.0 Å². The first kappa shape index (κ1) is 31.1. The minimum Gasteiger partial charge on any atom is -0.481 e. The molecule has 0 aromatic heterocycles. The van der Waals surface area contributed by atoms with Gasteiger partial charge in [0, 0.05) is 22.0 Å². The molecule has 11 heteroatoms. The van der Waals surface area contributed by atoms with Gasteiger partial charge in [-0.25, -0.2) is 14.5 Å². The molecule has 2 aromatic rings. The van der Waals surface area contributed by atoms with E-state index in [4.69, 9.17) is 5.11 Å². The molecule has 0 bridgehead atoms. The second-order valence-corrected chi connectivity index (χ2v) is 12.7. The quantitative estimate of drug-likeness (QED) is 0.269. The fourth-order valence-corrected chi connectivity index (χ4v) is 5.83. The summed E-state index contributed by atoms with van der Waals surface area (Å²) >= 11 is 1.11. The maximum atomic E-state index is 14.2. The van der Waals surface area contributed by atoms with Crippen molar-refractivity contribution in [2.45, 2.75) is 70.2 Å². The summed E-state index contributed by atoms with van der Waals surface area (Å²) in [4.78, 5) is 70.3. The normalized spacial score (nSPS) is 16.5. The summed E-state index contributed by atoms with van der Waals surface area (Å²) in [6, 6.07) is 12.3.